The molecule has 1 aliphatic carbocycles. The highest BCUT2D eigenvalue weighted by Crippen LogP contribution is 2.45. The molecule has 1 unspecified atom stereocenters. The van der Waals surface area contributed by atoms with Gasteiger partial charge in [-0.05, 0) is 62.6 Å². The number of halogens is 8. The number of aliphatic hydroxyl groups is 1. The summed E-state index contributed by atoms with van der Waals surface area (Å²) in [7, 11) is 3.04. The van der Waals surface area contributed by atoms with Crippen LogP contribution in [0, 0.1) is 11.6 Å². The Hall–Kier alpha value is -4.88. The third-order valence-electron chi connectivity index (χ3n) is 10.5. The molecule has 0 bridgehead atoms. The Morgan fingerprint density at radius 3 is 2.41 bits per heavy atom. The number of carbonyl (C=O) groups is 2. The Balaban J connectivity index is 1.28. The molecule has 2 aliphatic heterocycles. The second-order valence-electron chi connectivity index (χ2n) is 13.8. The number of anilines is 1. The molecule has 2 N–H and O–H groups in total. The van der Waals surface area contributed by atoms with Crippen molar-refractivity contribution in [1.29, 1.82) is 0 Å². The minimum atomic E-state index is -4.99. The largest absolute Gasteiger partial charge is 0.509 e. The molecule has 3 aliphatic rings. The minimum Gasteiger partial charge on any atom is -0.509 e. The fourth-order valence-electron chi connectivity index (χ4n) is 7.58. The lowest BCUT2D eigenvalue weighted by molar-refractivity contribution is -0.163. The summed E-state index contributed by atoms with van der Waals surface area (Å²) in [5, 5.41) is 16.1. The SMILES string of the molecule is COCC1CCCN1CCOc1ccc(CN2C(=O)C(C(=O)Nc3ccc(C(F)(F)F)cc3-c3cc(C(F)(F)F)ncn3)=C(O)C3(CCCC3)N2C)c(F)c1F. The average Bonchev–Trinajstić information content (AvgIpc) is 3.82. The van der Waals surface area contributed by atoms with Crippen molar-refractivity contribution in [3.63, 3.8) is 0 Å². The van der Waals surface area contributed by atoms with E-state index >= 15 is 8.78 Å². The van der Waals surface area contributed by atoms with Gasteiger partial charge in [-0.15, -0.1) is 0 Å². The van der Waals surface area contributed by atoms with Gasteiger partial charge in [0.05, 0.1) is 35.6 Å². The fourth-order valence-corrected chi connectivity index (χ4v) is 7.58. The third-order valence-corrected chi connectivity index (χ3v) is 10.5. The van der Waals surface area contributed by atoms with Gasteiger partial charge in [-0.1, -0.05) is 18.9 Å². The molecule has 6 rings (SSSR count). The van der Waals surface area contributed by atoms with Crippen molar-refractivity contribution >= 4 is 17.5 Å². The van der Waals surface area contributed by atoms with Crippen molar-refractivity contribution in [2.45, 2.75) is 69.0 Å². The standard InChI is InChI=1S/C37H38F8N6O5/c1-49-35(11-3-4-12-35)32(52)29(33(53)48-25-9-8-22(36(40,41)42)16-24(25)26-17-28(37(43,44)45)47-20-46-26)34(54)51(49)18-21-7-10-27(31(39)30(21)38)56-15-14-50-13-5-6-23(50)19-55-2/h7-10,16-17,20,23,52H,3-6,11-15,18-19H2,1-2H3,(H,48,53). The highest BCUT2D eigenvalue weighted by Gasteiger charge is 2.53. The highest BCUT2D eigenvalue weighted by molar-refractivity contribution is 6.24. The predicted molar refractivity (Wildman–Crippen MR) is 184 cm³/mol. The summed E-state index contributed by atoms with van der Waals surface area (Å²) >= 11 is 0. The molecular weight excluding hydrogens is 760 g/mol. The number of aliphatic hydroxyl groups excluding tert-OH is 1. The molecule has 19 heteroatoms. The molecule has 1 saturated heterocycles. The van der Waals surface area contributed by atoms with Gasteiger partial charge in [-0.2, -0.15) is 30.7 Å². The van der Waals surface area contributed by atoms with E-state index in [-0.39, 0.29) is 36.8 Å². The molecule has 3 aromatic rings. The first-order chi connectivity index (χ1) is 26.5. The van der Waals surface area contributed by atoms with E-state index in [9.17, 15) is 41.0 Å². The molecule has 3 heterocycles. The molecule has 56 heavy (non-hydrogen) atoms. The molecule has 1 atom stereocenters. The van der Waals surface area contributed by atoms with Gasteiger partial charge in [-0.3, -0.25) is 19.5 Å². The fraction of sp³-hybridized carbons (Fsp3) is 0.459. The Morgan fingerprint density at radius 2 is 1.73 bits per heavy atom. The van der Waals surface area contributed by atoms with Crippen molar-refractivity contribution in [3.8, 4) is 17.0 Å². The normalized spacial score (nSPS) is 19.4. The van der Waals surface area contributed by atoms with Gasteiger partial charge < -0.3 is 19.9 Å². The van der Waals surface area contributed by atoms with Crippen LogP contribution < -0.4 is 10.1 Å². The molecule has 0 radical (unpaired) electrons. The van der Waals surface area contributed by atoms with Crippen molar-refractivity contribution in [3.05, 3.63) is 82.5 Å². The summed E-state index contributed by atoms with van der Waals surface area (Å²) in [5.74, 6) is -6.10. The summed E-state index contributed by atoms with van der Waals surface area (Å²) in [4.78, 5) is 37.0. The monoisotopic (exact) mass is 798 g/mol. The van der Waals surface area contributed by atoms with Gasteiger partial charge in [-0.25, -0.2) is 19.4 Å². The number of methoxy groups -OCH3 is 1. The van der Waals surface area contributed by atoms with Gasteiger partial charge >= 0.3 is 12.4 Å². The van der Waals surface area contributed by atoms with Gasteiger partial charge in [0, 0.05) is 37.9 Å². The van der Waals surface area contributed by atoms with E-state index in [1.807, 2.05) is 0 Å². The molecule has 1 saturated carbocycles. The number of likely N-dealkylation sites (tertiary alicyclic amines) is 1. The number of alkyl halides is 6. The average molecular weight is 799 g/mol. The maximum absolute atomic E-state index is 15.6. The van der Waals surface area contributed by atoms with Gasteiger partial charge in [0.15, 0.2) is 11.6 Å². The summed E-state index contributed by atoms with van der Waals surface area (Å²) < 4.78 is 123. The van der Waals surface area contributed by atoms with Gasteiger partial charge in [0.25, 0.3) is 11.8 Å². The van der Waals surface area contributed by atoms with Crippen LogP contribution in [0.15, 0.2) is 54.1 Å². The zero-order valence-electron chi connectivity index (χ0n) is 30.2. The van der Waals surface area contributed by atoms with Gasteiger partial charge in [0.1, 0.15) is 30.0 Å². The van der Waals surface area contributed by atoms with E-state index < -0.39 is 87.4 Å². The lowest BCUT2D eigenvalue weighted by Crippen LogP contribution is -2.62. The van der Waals surface area contributed by atoms with Crippen LogP contribution in [-0.2, 0) is 33.2 Å². The number of benzene rings is 2. The quantitative estimate of drug-likeness (QED) is 0.158. The smallest absolute Gasteiger partial charge is 0.433 e. The van der Waals surface area contributed by atoms with E-state index in [2.05, 4.69) is 20.2 Å². The van der Waals surface area contributed by atoms with E-state index in [1.54, 1.807) is 7.11 Å². The zero-order chi connectivity index (χ0) is 40.6. The summed E-state index contributed by atoms with van der Waals surface area (Å²) in [6.45, 7) is 1.25. The predicted octanol–water partition coefficient (Wildman–Crippen LogP) is 6.90. The number of nitrogens with one attached hydrogen (secondary N) is 1. The van der Waals surface area contributed by atoms with Crippen molar-refractivity contribution in [1.82, 2.24) is 24.9 Å². The number of rotatable bonds is 11. The number of likely N-dealkylation sites (N-methyl/N-ethyl adjacent to an activating group) is 1. The number of aromatic nitrogens is 2. The Labute approximate surface area is 315 Å². The molecule has 2 aromatic carbocycles. The highest BCUT2D eigenvalue weighted by atomic mass is 19.4. The lowest BCUT2D eigenvalue weighted by Gasteiger charge is -2.48. The minimum absolute atomic E-state index is 0.0652. The first kappa shape index (κ1) is 40.8. The summed E-state index contributed by atoms with van der Waals surface area (Å²) in [6.07, 6.45) is -5.98. The molecule has 2 fully saturated rings. The molecule has 2 amide bonds. The number of hydrogen-bond donors (Lipinski definition) is 2. The molecule has 1 spiro atoms. The Bertz CT molecular complexity index is 2000. The van der Waals surface area contributed by atoms with Crippen molar-refractivity contribution in [2.24, 2.45) is 0 Å². The van der Waals surface area contributed by atoms with Crippen LogP contribution in [0.3, 0.4) is 0 Å². The number of carbonyl (C=O) groups excluding carboxylic acids is 2. The second-order valence-corrected chi connectivity index (χ2v) is 13.8. The molecular formula is C37H38F8N6O5. The first-order valence-electron chi connectivity index (χ1n) is 17.7. The summed E-state index contributed by atoms with van der Waals surface area (Å²) in [6, 6.07) is 4.84. The maximum Gasteiger partial charge on any atom is 0.433 e. The number of nitrogens with zero attached hydrogens (tertiary/aromatic N) is 5. The topological polar surface area (TPSA) is 120 Å². The zero-order valence-corrected chi connectivity index (χ0v) is 30.2. The van der Waals surface area contributed by atoms with Gasteiger partial charge in [0.2, 0.25) is 5.82 Å². The number of hydrogen-bond acceptors (Lipinski definition) is 9. The van der Waals surface area contributed by atoms with Crippen molar-refractivity contribution in [2.75, 3.05) is 45.8 Å². The number of ether oxygens (including phenoxy) is 2. The van der Waals surface area contributed by atoms with Crippen LogP contribution in [0.1, 0.15) is 55.3 Å². The van der Waals surface area contributed by atoms with Crippen LogP contribution in [0.5, 0.6) is 5.75 Å². The van der Waals surface area contributed by atoms with Crippen LogP contribution in [-0.4, -0.2) is 93.8 Å². The van der Waals surface area contributed by atoms with Crippen LogP contribution in [0.25, 0.3) is 11.3 Å². The molecule has 302 valence electrons. The first-order valence-corrected chi connectivity index (χ1v) is 17.7. The van der Waals surface area contributed by atoms with Crippen molar-refractivity contribution < 1.29 is 59.3 Å². The van der Waals surface area contributed by atoms with E-state index in [0.29, 0.717) is 50.5 Å². The van der Waals surface area contributed by atoms with Crippen LogP contribution in [0.2, 0.25) is 0 Å². The van der Waals surface area contributed by atoms with E-state index in [1.165, 1.54) is 24.2 Å². The maximum atomic E-state index is 15.6. The van der Waals surface area contributed by atoms with E-state index in [4.69, 9.17) is 9.47 Å². The molecule has 11 nitrogen and oxygen atoms in total. The Morgan fingerprint density at radius 1 is 1.00 bits per heavy atom. The number of amides is 2. The Kier molecular flexibility index (Phi) is 11.6. The third kappa shape index (κ3) is 8.02. The molecule has 1 aromatic heterocycles. The number of hydrazine groups is 1. The van der Waals surface area contributed by atoms with E-state index in [0.717, 1.165) is 30.5 Å². The summed E-state index contributed by atoms with van der Waals surface area (Å²) in [5.41, 5.74) is -6.94. The van der Waals surface area contributed by atoms with Crippen LogP contribution >= 0.6 is 0 Å². The van der Waals surface area contributed by atoms with Crippen LogP contribution in [0.4, 0.5) is 40.8 Å². The lowest BCUT2D eigenvalue weighted by atomic mass is 9.88. The second kappa shape index (κ2) is 15.9.